The molecule has 3 rings (SSSR count). The summed E-state index contributed by atoms with van der Waals surface area (Å²) in [5.74, 6) is 2.21. The van der Waals surface area contributed by atoms with Crippen LogP contribution in [0, 0.1) is 0 Å². The van der Waals surface area contributed by atoms with Gasteiger partial charge in [-0.3, -0.25) is 4.79 Å². The van der Waals surface area contributed by atoms with Crippen LogP contribution in [0.5, 0.6) is 5.75 Å². The average Bonchev–Trinajstić information content (AvgIpc) is 2.81. The number of benzene rings is 1. The van der Waals surface area contributed by atoms with Crippen LogP contribution >= 0.6 is 11.6 Å². The number of hydrogen-bond donors (Lipinski definition) is 1. The van der Waals surface area contributed by atoms with Gasteiger partial charge in [-0.2, -0.15) is 0 Å². The molecular formula is C18H23ClN4O2. The summed E-state index contributed by atoms with van der Waals surface area (Å²) in [6.07, 6.45) is 4.42. The van der Waals surface area contributed by atoms with Crippen LogP contribution in [0.3, 0.4) is 0 Å². The summed E-state index contributed by atoms with van der Waals surface area (Å²) in [4.78, 5) is 12.5. The van der Waals surface area contributed by atoms with Gasteiger partial charge in [0.2, 0.25) is 0 Å². The van der Waals surface area contributed by atoms with E-state index in [1.54, 1.807) is 38.1 Å². The third-order valence-electron chi connectivity index (χ3n) is 4.33. The summed E-state index contributed by atoms with van der Waals surface area (Å²) < 4.78 is 7.93. The molecule has 0 atom stereocenters. The van der Waals surface area contributed by atoms with E-state index in [-0.39, 0.29) is 5.91 Å². The number of rotatable bonds is 5. The molecule has 1 N–H and O–H groups in total. The lowest BCUT2D eigenvalue weighted by molar-refractivity contribution is -0.134. The Kier molecular flexibility index (Phi) is 5.27. The molecule has 6 nitrogen and oxygen atoms in total. The number of fused-ring (bicyclic) bond motifs is 1. The molecular weight excluding hydrogens is 340 g/mol. The normalized spacial score (nSPS) is 14.5. The molecule has 2 aromatic rings. The van der Waals surface area contributed by atoms with E-state index in [0.29, 0.717) is 17.3 Å². The molecule has 1 amide bonds. The maximum Gasteiger partial charge on any atom is 0.263 e. The quantitative estimate of drug-likeness (QED) is 0.887. The maximum absolute atomic E-state index is 12.5. The molecule has 7 heteroatoms. The van der Waals surface area contributed by atoms with Gasteiger partial charge in [-0.1, -0.05) is 18.0 Å². The Bertz CT molecular complexity index is 740. The first-order chi connectivity index (χ1) is 12.0. The number of hydrogen-bond acceptors (Lipinski definition) is 4. The van der Waals surface area contributed by atoms with Crippen molar-refractivity contribution in [3.8, 4) is 5.75 Å². The highest BCUT2D eigenvalue weighted by molar-refractivity contribution is 6.30. The molecule has 1 aliphatic heterocycles. The minimum Gasteiger partial charge on any atom is -0.478 e. The minimum absolute atomic E-state index is 0.201. The summed E-state index contributed by atoms with van der Waals surface area (Å²) in [5.41, 5.74) is -1.00. The van der Waals surface area contributed by atoms with Crippen LogP contribution in [0.1, 0.15) is 44.8 Å². The van der Waals surface area contributed by atoms with Crippen molar-refractivity contribution in [1.82, 2.24) is 20.1 Å². The van der Waals surface area contributed by atoms with E-state index < -0.39 is 5.60 Å². The van der Waals surface area contributed by atoms with E-state index in [0.717, 1.165) is 37.5 Å². The first-order valence-electron chi connectivity index (χ1n) is 8.59. The van der Waals surface area contributed by atoms with E-state index in [2.05, 4.69) is 20.1 Å². The Balaban J connectivity index is 1.61. The number of ether oxygens (including phenoxy) is 1. The number of aryl methyl sites for hydroxylation is 1. The largest absolute Gasteiger partial charge is 0.478 e. The SMILES string of the molecule is CC(C)(Oc1ccc(Cl)cc1)C(=O)NCc1nnc2n1CCCCC2. The van der Waals surface area contributed by atoms with Gasteiger partial charge in [0, 0.05) is 18.0 Å². The van der Waals surface area contributed by atoms with E-state index in [1.807, 2.05) is 0 Å². The fourth-order valence-electron chi connectivity index (χ4n) is 2.89. The van der Waals surface area contributed by atoms with Crippen LogP contribution in [0.2, 0.25) is 5.02 Å². The van der Waals surface area contributed by atoms with Gasteiger partial charge in [0.05, 0.1) is 6.54 Å². The molecule has 1 aliphatic rings. The van der Waals surface area contributed by atoms with Gasteiger partial charge < -0.3 is 14.6 Å². The highest BCUT2D eigenvalue weighted by atomic mass is 35.5. The van der Waals surface area contributed by atoms with Crippen LogP contribution in [0.15, 0.2) is 24.3 Å². The van der Waals surface area contributed by atoms with Gasteiger partial charge in [-0.05, 0) is 51.0 Å². The Morgan fingerprint density at radius 2 is 2.00 bits per heavy atom. The highest BCUT2D eigenvalue weighted by Gasteiger charge is 2.30. The van der Waals surface area contributed by atoms with Crippen molar-refractivity contribution < 1.29 is 9.53 Å². The van der Waals surface area contributed by atoms with Crippen LogP contribution < -0.4 is 10.1 Å². The van der Waals surface area contributed by atoms with Crippen LogP contribution in [-0.2, 0) is 24.3 Å². The second-order valence-corrected chi connectivity index (χ2v) is 7.18. The van der Waals surface area contributed by atoms with Gasteiger partial charge >= 0.3 is 0 Å². The predicted octanol–water partition coefficient (Wildman–Crippen LogP) is 3.13. The zero-order valence-electron chi connectivity index (χ0n) is 14.6. The molecule has 0 aliphatic carbocycles. The molecule has 134 valence electrons. The summed E-state index contributed by atoms with van der Waals surface area (Å²) in [5, 5.41) is 12.0. The summed E-state index contributed by atoms with van der Waals surface area (Å²) >= 11 is 5.87. The topological polar surface area (TPSA) is 69.0 Å². The number of nitrogens with one attached hydrogen (secondary N) is 1. The molecule has 1 aromatic carbocycles. The molecule has 0 unspecified atom stereocenters. The minimum atomic E-state index is -1.00. The Labute approximate surface area is 152 Å². The number of amides is 1. The van der Waals surface area contributed by atoms with Gasteiger partial charge in [0.1, 0.15) is 11.6 Å². The van der Waals surface area contributed by atoms with Crippen molar-refractivity contribution in [2.75, 3.05) is 0 Å². The number of nitrogens with zero attached hydrogens (tertiary/aromatic N) is 3. The van der Waals surface area contributed by atoms with E-state index in [4.69, 9.17) is 16.3 Å². The molecule has 2 heterocycles. The van der Waals surface area contributed by atoms with Gasteiger partial charge in [-0.25, -0.2) is 0 Å². The first-order valence-corrected chi connectivity index (χ1v) is 8.97. The lowest BCUT2D eigenvalue weighted by Gasteiger charge is -2.25. The third-order valence-corrected chi connectivity index (χ3v) is 4.58. The Morgan fingerprint density at radius 3 is 2.76 bits per heavy atom. The standard InChI is InChI=1S/C18H23ClN4O2/c1-18(2,25-14-9-7-13(19)8-10-14)17(24)20-12-16-22-21-15-6-4-3-5-11-23(15)16/h7-10H,3-6,11-12H2,1-2H3,(H,20,24). The average molecular weight is 363 g/mol. The molecule has 0 bridgehead atoms. The molecule has 0 fully saturated rings. The summed E-state index contributed by atoms with van der Waals surface area (Å²) in [6.45, 7) is 4.74. The van der Waals surface area contributed by atoms with Gasteiger partial charge in [0.25, 0.3) is 5.91 Å². The van der Waals surface area contributed by atoms with Crippen molar-refractivity contribution >= 4 is 17.5 Å². The predicted molar refractivity (Wildman–Crippen MR) is 95.6 cm³/mol. The Morgan fingerprint density at radius 1 is 1.24 bits per heavy atom. The van der Waals surface area contributed by atoms with Crippen molar-refractivity contribution in [2.45, 2.75) is 58.2 Å². The number of halogens is 1. The van der Waals surface area contributed by atoms with E-state index in [1.165, 1.54) is 6.42 Å². The molecule has 0 spiro atoms. The molecule has 0 saturated carbocycles. The Hall–Kier alpha value is -2.08. The third kappa shape index (κ3) is 4.31. The molecule has 25 heavy (non-hydrogen) atoms. The van der Waals surface area contributed by atoms with Crippen LogP contribution in [0.4, 0.5) is 0 Å². The summed E-state index contributed by atoms with van der Waals surface area (Å²) in [6, 6.07) is 6.96. The highest BCUT2D eigenvalue weighted by Crippen LogP contribution is 2.21. The number of carbonyl (C=O) groups is 1. The van der Waals surface area contributed by atoms with Crippen molar-refractivity contribution in [2.24, 2.45) is 0 Å². The lowest BCUT2D eigenvalue weighted by Crippen LogP contribution is -2.46. The maximum atomic E-state index is 12.5. The smallest absolute Gasteiger partial charge is 0.263 e. The molecule has 1 aromatic heterocycles. The van der Waals surface area contributed by atoms with Crippen molar-refractivity contribution in [3.63, 3.8) is 0 Å². The fraction of sp³-hybridized carbons (Fsp3) is 0.500. The van der Waals surface area contributed by atoms with Crippen LogP contribution in [0.25, 0.3) is 0 Å². The second kappa shape index (κ2) is 7.44. The van der Waals surface area contributed by atoms with Crippen molar-refractivity contribution in [3.05, 3.63) is 40.9 Å². The fourth-order valence-corrected chi connectivity index (χ4v) is 3.02. The first kappa shape index (κ1) is 17.7. The number of carbonyl (C=O) groups excluding carboxylic acids is 1. The molecule has 0 radical (unpaired) electrons. The zero-order chi connectivity index (χ0) is 17.9. The van der Waals surface area contributed by atoms with Gasteiger partial charge in [0.15, 0.2) is 11.4 Å². The van der Waals surface area contributed by atoms with E-state index >= 15 is 0 Å². The lowest BCUT2D eigenvalue weighted by atomic mass is 10.1. The molecule has 0 saturated heterocycles. The van der Waals surface area contributed by atoms with Crippen LogP contribution in [-0.4, -0.2) is 26.3 Å². The van der Waals surface area contributed by atoms with Gasteiger partial charge in [-0.15, -0.1) is 10.2 Å². The zero-order valence-corrected chi connectivity index (χ0v) is 15.3. The second-order valence-electron chi connectivity index (χ2n) is 6.74. The monoisotopic (exact) mass is 362 g/mol. The summed E-state index contributed by atoms with van der Waals surface area (Å²) in [7, 11) is 0. The van der Waals surface area contributed by atoms with E-state index in [9.17, 15) is 4.79 Å². The number of aromatic nitrogens is 3. The van der Waals surface area contributed by atoms with Crippen molar-refractivity contribution in [1.29, 1.82) is 0 Å².